The number of nitrogens with zero attached hydrogens (tertiary/aromatic N) is 6. The zero-order chi connectivity index (χ0) is 16.6. The predicted molar refractivity (Wildman–Crippen MR) is 108 cm³/mol. The van der Waals surface area contributed by atoms with Gasteiger partial charge in [0.2, 0.25) is 0 Å². The topological polar surface area (TPSA) is 84.4 Å². The van der Waals surface area contributed by atoms with Crippen molar-refractivity contribution in [3.8, 4) is 0 Å². The number of rotatable bonds is 7. The van der Waals surface area contributed by atoms with Crippen molar-refractivity contribution in [2.24, 2.45) is 4.99 Å². The van der Waals surface area contributed by atoms with Crippen LogP contribution in [0.3, 0.4) is 0 Å². The smallest absolute Gasteiger partial charge is 0.191 e. The third-order valence-electron chi connectivity index (χ3n) is 3.52. The third kappa shape index (κ3) is 5.41. The lowest BCUT2D eigenvalue weighted by molar-refractivity contribution is 0.570. The SMILES string of the molecule is CCNC(=NCc1nnc2ccccn12)NCCCn1cccn1.I. The molecule has 0 atom stereocenters. The molecule has 3 heterocycles. The summed E-state index contributed by atoms with van der Waals surface area (Å²) in [7, 11) is 0. The highest BCUT2D eigenvalue weighted by Crippen LogP contribution is 2.03. The molecule has 8 nitrogen and oxygen atoms in total. The Bertz CT molecular complexity index is 780. The van der Waals surface area contributed by atoms with Crippen molar-refractivity contribution in [1.29, 1.82) is 0 Å². The number of hydrogen-bond donors (Lipinski definition) is 2. The average Bonchev–Trinajstić information content (AvgIpc) is 3.26. The molecule has 0 saturated carbocycles. The Morgan fingerprint density at radius 2 is 2.08 bits per heavy atom. The molecular formula is C16H23IN8. The van der Waals surface area contributed by atoms with Crippen LogP contribution in [0.1, 0.15) is 19.2 Å². The van der Waals surface area contributed by atoms with E-state index in [-0.39, 0.29) is 24.0 Å². The summed E-state index contributed by atoms with van der Waals surface area (Å²) in [4.78, 5) is 4.59. The zero-order valence-corrected chi connectivity index (χ0v) is 16.5. The summed E-state index contributed by atoms with van der Waals surface area (Å²) in [6.07, 6.45) is 6.68. The molecule has 0 radical (unpaired) electrons. The van der Waals surface area contributed by atoms with Crippen LogP contribution < -0.4 is 10.6 Å². The van der Waals surface area contributed by atoms with Crippen LogP contribution >= 0.6 is 24.0 Å². The number of fused-ring (bicyclic) bond motifs is 1. The first-order chi connectivity index (χ1) is 11.9. The second-order valence-corrected chi connectivity index (χ2v) is 5.29. The molecule has 0 aliphatic carbocycles. The molecule has 134 valence electrons. The molecule has 0 saturated heterocycles. The number of hydrogen-bond acceptors (Lipinski definition) is 4. The first-order valence-electron chi connectivity index (χ1n) is 8.15. The van der Waals surface area contributed by atoms with E-state index in [1.807, 2.05) is 52.7 Å². The summed E-state index contributed by atoms with van der Waals surface area (Å²) in [6.45, 7) is 5.04. The average molecular weight is 454 g/mol. The lowest BCUT2D eigenvalue weighted by atomic mass is 10.4. The lowest BCUT2D eigenvalue weighted by Crippen LogP contribution is -2.38. The van der Waals surface area contributed by atoms with Crippen LogP contribution in [0.2, 0.25) is 0 Å². The molecule has 25 heavy (non-hydrogen) atoms. The van der Waals surface area contributed by atoms with Crippen LogP contribution in [0.5, 0.6) is 0 Å². The van der Waals surface area contributed by atoms with E-state index >= 15 is 0 Å². The van der Waals surface area contributed by atoms with Gasteiger partial charge >= 0.3 is 0 Å². The summed E-state index contributed by atoms with van der Waals surface area (Å²) in [5.41, 5.74) is 0.833. The molecule has 9 heteroatoms. The van der Waals surface area contributed by atoms with Gasteiger partial charge in [0.25, 0.3) is 0 Å². The van der Waals surface area contributed by atoms with E-state index in [1.54, 1.807) is 6.20 Å². The van der Waals surface area contributed by atoms with Gasteiger partial charge in [-0.15, -0.1) is 34.2 Å². The van der Waals surface area contributed by atoms with Crippen molar-refractivity contribution in [2.75, 3.05) is 13.1 Å². The van der Waals surface area contributed by atoms with Gasteiger partial charge in [-0.25, -0.2) is 4.99 Å². The molecule has 0 aliphatic heterocycles. The highest BCUT2D eigenvalue weighted by molar-refractivity contribution is 14.0. The van der Waals surface area contributed by atoms with E-state index < -0.39 is 0 Å². The van der Waals surface area contributed by atoms with Crippen LogP contribution in [0.4, 0.5) is 0 Å². The Balaban J connectivity index is 0.00000225. The number of aryl methyl sites for hydroxylation is 1. The molecule has 0 unspecified atom stereocenters. The van der Waals surface area contributed by atoms with E-state index in [4.69, 9.17) is 0 Å². The fourth-order valence-corrected chi connectivity index (χ4v) is 2.37. The Hall–Kier alpha value is -2.17. The Kier molecular flexibility index (Phi) is 7.64. The number of pyridine rings is 1. The number of halogens is 1. The first-order valence-corrected chi connectivity index (χ1v) is 8.15. The maximum atomic E-state index is 4.59. The molecule has 3 aromatic heterocycles. The number of guanidine groups is 1. The van der Waals surface area contributed by atoms with Crippen molar-refractivity contribution in [3.63, 3.8) is 0 Å². The van der Waals surface area contributed by atoms with E-state index in [1.165, 1.54) is 0 Å². The van der Waals surface area contributed by atoms with Gasteiger partial charge in [-0.1, -0.05) is 6.07 Å². The standard InChI is InChI=1S/C16H22N8.HI/c1-2-17-16(18-8-5-10-23-11-6-9-20-23)19-13-15-22-21-14-7-3-4-12-24(14)15;/h3-4,6-7,9,11-12H,2,5,8,10,13H2,1H3,(H2,17,18,19);1H. The molecule has 0 bridgehead atoms. The van der Waals surface area contributed by atoms with Gasteiger partial charge in [-0.05, 0) is 31.5 Å². The van der Waals surface area contributed by atoms with Crippen molar-refractivity contribution < 1.29 is 0 Å². The normalized spacial score (nSPS) is 11.3. The largest absolute Gasteiger partial charge is 0.357 e. The van der Waals surface area contributed by atoms with Crippen LogP contribution in [0.15, 0.2) is 47.8 Å². The Morgan fingerprint density at radius 1 is 1.16 bits per heavy atom. The van der Waals surface area contributed by atoms with Crippen LogP contribution in [-0.2, 0) is 13.1 Å². The number of aromatic nitrogens is 5. The zero-order valence-electron chi connectivity index (χ0n) is 14.2. The van der Waals surface area contributed by atoms with Gasteiger partial charge < -0.3 is 10.6 Å². The van der Waals surface area contributed by atoms with Gasteiger partial charge in [-0.2, -0.15) is 5.10 Å². The summed E-state index contributed by atoms with van der Waals surface area (Å²) in [5.74, 6) is 1.60. The molecule has 3 aromatic rings. The van der Waals surface area contributed by atoms with Gasteiger partial charge in [-0.3, -0.25) is 9.08 Å². The molecule has 0 spiro atoms. The molecule has 0 aromatic carbocycles. The molecule has 0 fully saturated rings. The lowest BCUT2D eigenvalue weighted by Gasteiger charge is -2.11. The van der Waals surface area contributed by atoms with Crippen molar-refractivity contribution in [3.05, 3.63) is 48.7 Å². The van der Waals surface area contributed by atoms with Crippen LogP contribution in [0, 0.1) is 0 Å². The van der Waals surface area contributed by atoms with Gasteiger partial charge in [0.1, 0.15) is 6.54 Å². The van der Waals surface area contributed by atoms with Gasteiger partial charge in [0.05, 0.1) is 0 Å². The molecular weight excluding hydrogens is 431 g/mol. The van der Waals surface area contributed by atoms with Crippen molar-refractivity contribution in [2.45, 2.75) is 26.4 Å². The minimum absolute atomic E-state index is 0. The fraction of sp³-hybridized carbons (Fsp3) is 0.375. The highest BCUT2D eigenvalue weighted by Gasteiger charge is 2.04. The maximum Gasteiger partial charge on any atom is 0.191 e. The third-order valence-corrected chi connectivity index (χ3v) is 3.52. The van der Waals surface area contributed by atoms with E-state index in [0.29, 0.717) is 6.54 Å². The number of aliphatic imine (C=N–C) groups is 1. The van der Waals surface area contributed by atoms with Gasteiger partial charge in [0.15, 0.2) is 17.4 Å². The van der Waals surface area contributed by atoms with Gasteiger partial charge in [0, 0.05) is 38.2 Å². The first kappa shape index (κ1) is 19.2. The quantitative estimate of drug-likeness (QED) is 0.246. The van der Waals surface area contributed by atoms with Crippen molar-refractivity contribution >= 4 is 35.6 Å². The Labute approximate surface area is 163 Å². The number of nitrogens with one attached hydrogen (secondary N) is 2. The molecule has 2 N–H and O–H groups in total. The molecule has 3 rings (SSSR count). The summed E-state index contributed by atoms with van der Waals surface area (Å²) >= 11 is 0. The van der Waals surface area contributed by atoms with Crippen LogP contribution in [0.25, 0.3) is 5.65 Å². The fourth-order valence-electron chi connectivity index (χ4n) is 2.37. The summed E-state index contributed by atoms with van der Waals surface area (Å²) < 4.78 is 3.87. The molecule has 0 aliphatic rings. The minimum atomic E-state index is 0. The minimum Gasteiger partial charge on any atom is -0.357 e. The Morgan fingerprint density at radius 3 is 2.88 bits per heavy atom. The van der Waals surface area contributed by atoms with E-state index in [2.05, 4.69) is 30.9 Å². The van der Waals surface area contributed by atoms with Crippen molar-refractivity contribution in [1.82, 2.24) is 35.0 Å². The monoisotopic (exact) mass is 454 g/mol. The van der Waals surface area contributed by atoms with Crippen LogP contribution in [-0.4, -0.2) is 43.4 Å². The summed E-state index contributed by atoms with van der Waals surface area (Å²) in [6, 6.07) is 7.77. The highest BCUT2D eigenvalue weighted by atomic mass is 127. The summed E-state index contributed by atoms with van der Waals surface area (Å²) in [5, 5.41) is 19.1. The molecule has 0 amide bonds. The maximum absolute atomic E-state index is 4.59. The second-order valence-electron chi connectivity index (χ2n) is 5.29. The van der Waals surface area contributed by atoms with E-state index in [9.17, 15) is 0 Å². The second kappa shape index (κ2) is 9.97. The predicted octanol–water partition coefficient (Wildman–Crippen LogP) is 1.69. The van der Waals surface area contributed by atoms with E-state index in [0.717, 1.165) is 43.5 Å².